The summed E-state index contributed by atoms with van der Waals surface area (Å²) in [6.45, 7) is 6.04. The van der Waals surface area contributed by atoms with E-state index in [1.807, 2.05) is 53.9 Å². The van der Waals surface area contributed by atoms with Crippen LogP contribution in [0.3, 0.4) is 0 Å². The third-order valence-electron chi connectivity index (χ3n) is 4.92. The summed E-state index contributed by atoms with van der Waals surface area (Å²) < 4.78 is 2.23. The van der Waals surface area contributed by atoms with E-state index in [0.717, 1.165) is 38.8 Å². The molecular weight excluding hydrogens is 384 g/mol. The van der Waals surface area contributed by atoms with Gasteiger partial charge in [0.05, 0.1) is 10.6 Å². The molecule has 0 unspecified atom stereocenters. The Morgan fingerprint density at radius 2 is 1.66 bits per heavy atom. The van der Waals surface area contributed by atoms with Gasteiger partial charge < -0.3 is 9.40 Å². The van der Waals surface area contributed by atoms with Crippen molar-refractivity contribution >= 4 is 50.6 Å². The summed E-state index contributed by atoms with van der Waals surface area (Å²) in [7, 11) is 0. The van der Waals surface area contributed by atoms with Crippen molar-refractivity contribution in [3.63, 3.8) is 0 Å². The molecule has 0 aliphatic carbocycles. The molecule has 0 spiro atoms. The number of thiophene rings is 1. The number of nitrogens with zero attached hydrogens (tertiary/aromatic N) is 2. The molecule has 4 rings (SSSR count). The lowest BCUT2D eigenvalue weighted by Gasteiger charge is -2.04. The third-order valence-corrected chi connectivity index (χ3v) is 5.79. The number of fused-ring (bicyclic) bond motifs is 3. The summed E-state index contributed by atoms with van der Waals surface area (Å²) in [4.78, 5) is 29.4. The standard InChI is InChI=1S/C23H20N2O3S/c1-4-25-20-9-7-16(14(2)24-28-15(3)26)12-18(20)19-13-17(8-10-21(19)25)23(27)22-6-5-11-29-22/h5-13H,4H2,1-3H3/b24-14+. The van der Waals surface area contributed by atoms with Gasteiger partial charge in [0.15, 0.2) is 0 Å². The normalized spacial score (nSPS) is 11.9. The summed E-state index contributed by atoms with van der Waals surface area (Å²) in [6.07, 6.45) is 0. The molecule has 6 heteroatoms. The molecule has 4 aromatic rings. The zero-order valence-corrected chi connectivity index (χ0v) is 17.2. The molecule has 0 bridgehead atoms. The van der Waals surface area contributed by atoms with E-state index in [-0.39, 0.29) is 5.78 Å². The molecular formula is C23H20N2O3S. The number of ketones is 1. The maximum absolute atomic E-state index is 12.8. The number of aromatic nitrogens is 1. The number of rotatable bonds is 5. The third kappa shape index (κ3) is 3.47. The molecule has 0 atom stereocenters. The first-order valence-corrected chi connectivity index (χ1v) is 10.2. The fourth-order valence-electron chi connectivity index (χ4n) is 3.55. The van der Waals surface area contributed by atoms with Gasteiger partial charge in [-0.15, -0.1) is 11.3 Å². The van der Waals surface area contributed by atoms with Crippen LogP contribution in [0.4, 0.5) is 0 Å². The van der Waals surface area contributed by atoms with Crippen LogP contribution in [0.15, 0.2) is 59.1 Å². The van der Waals surface area contributed by atoms with Crippen molar-refractivity contribution in [2.75, 3.05) is 0 Å². The summed E-state index contributed by atoms with van der Waals surface area (Å²) in [5.41, 5.74) is 4.32. The second-order valence-corrected chi connectivity index (χ2v) is 7.72. The van der Waals surface area contributed by atoms with Crippen LogP contribution in [0.2, 0.25) is 0 Å². The molecule has 0 fully saturated rings. The molecule has 0 radical (unpaired) electrons. The fraction of sp³-hybridized carbons (Fsp3) is 0.174. The van der Waals surface area contributed by atoms with Crippen molar-refractivity contribution in [1.82, 2.24) is 4.57 Å². The lowest BCUT2D eigenvalue weighted by Crippen LogP contribution is -1.99. The number of hydrogen-bond acceptors (Lipinski definition) is 5. The maximum Gasteiger partial charge on any atom is 0.331 e. The molecule has 0 aliphatic rings. The topological polar surface area (TPSA) is 60.7 Å². The average Bonchev–Trinajstić information content (AvgIpc) is 3.36. The van der Waals surface area contributed by atoms with E-state index < -0.39 is 5.97 Å². The van der Waals surface area contributed by atoms with Gasteiger partial charge >= 0.3 is 5.97 Å². The summed E-state index contributed by atoms with van der Waals surface area (Å²) in [6, 6.07) is 15.6. The summed E-state index contributed by atoms with van der Waals surface area (Å²) in [5, 5.41) is 7.86. The van der Waals surface area contributed by atoms with E-state index in [1.165, 1.54) is 18.3 Å². The van der Waals surface area contributed by atoms with Gasteiger partial charge in [-0.3, -0.25) is 4.79 Å². The molecule has 146 valence electrons. The van der Waals surface area contributed by atoms with Crippen LogP contribution in [0, 0.1) is 0 Å². The molecule has 0 aliphatic heterocycles. The van der Waals surface area contributed by atoms with Crippen LogP contribution in [0.25, 0.3) is 21.8 Å². The monoisotopic (exact) mass is 404 g/mol. The zero-order chi connectivity index (χ0) is 20.5. The maximum atomic E-state index is 12.8. The van der Waals surface area contributed by atoms with Crippen molar-refractivity contribution in [3.05, 3.63) is 69.9 Å². The first-order valence-electron chi connectivity index (χ1n) is 9.36. The van der Waals surface area contributed by atoms with Gasteiger partial charge in [-0.25, -0.2) is 4.79 Å². The van der Waals surface area contributed by atoms with E-state index in [2.05, 4.69) is 16.6 Å². The Hall–Kier alpha value is -3.25. The number of carbonyl (C=O) groups excluding carboxylic acids is 2. The molecule has 2 aromatic heterocycles. The molecule has 29 heavy (non-hydrogen) atoms. The predicted octanol–water partition coefficient (Wildman–Crippen LogP) is 5.39. The molecule has 0 N–H and O–H groups in total. The molecule has 0 amide bonds. The summed E-state index contributed by atoms with van der Waals surface area (Å²) in [5.74, 6) is -0.423. The van der Waals surface area contributed by atoms with Crippen molar-refractivity contribution in [2.45, 2.75) is 27.3 Å². The van der Waals surface area contributed by atoms with Gasteiger partial charge in [0, 0.05) is 40.8 Å². The molecule has 2 heterocycles. The SMILES string of the molecule is CCn1c2ccc(C(=O)c3cccs3)cc2c2cc(/C(C)=N/OC(C)=O)ccc21. The lowest BCUT2D eigenvalue weighted by molar-refractivity contribution is -0.140. The van der Waals surface area contributed by atoms with Gasteiger partial charge in [0.1, 0.15) is 0 Å². The number of hydrogen-bond donors (Lipinski definition) is 0. The number of carbonyl (C=O) groups is 2. The zero-order valence-electron chi connectivity index (χ0n) is 16.4. The van der Waals surface area contributed by atoms with Crippen molar-refractivity contribution < 1.29 is 14.4 Å². The second kappa shape index (κ2) is 7.64. The highest BCUT2D eigenvalue weighted by molar-refractivity contribution is 7.12. The number of benzene rings is 2. The Bertz CT molecular complexity index is 1270. The van der Waals surface area contributed by atoms with E-state index in [1.54, 1.807) is 6.92 Å². The number of oxime groups is 1. The van der Waals surface area contributed by atoms with Crippen LogP contribution in [-0.4, -0.2) is 22.0 Å². The lowest BCUT2D eigenvalue weighted by atomic mass is 10.0. The van der Waals surface area contributed by atoms with Crippen molar-refractivity contribution in [3.8, 4) is 0 Å². The minimum Gasteiger partial charge on any atom is -0.341 e. The van der Waals surface area contributed by atoms with Crippen LogP contribution >= 0.6 is 11.3 Å². The quantitative estimate of drug-likeness (QED) is 0.194. The molecule has 0 saturated carbocycles. The Balaban J connectivity index is 1.89. The Morgan fingerprint density at radius 3 is 2.24 bits per heavy atom. The van der Waals surface area contributed by atoms with Crippen molar-refractivity contribution in [2.24, 2.45) is 5.16 Å². The number of aryl methyl sites for hydroxylation is 1. The van der Waals surface area contributed by atoms with Crippen LogP contribution in [0.1, 0.15) is 41.6 Å². The average molecular weight is 404 g/mol. The smallest absolute Gasteiger partial charge is 0.331 e. The molecule has 0 saturated heterocycles. The van der Waals surface area contributed by atoms with E-state index in [0.29, 0.717) is 11.3 Å². The first kappa shape index (κ1) is 19.1. The van der Waals surface area contributed by atoms with E-state index >= 15 is 0 Å². The van der Waals surface area contributed by atoms with Crippen LogP contribution in [-0.2, 0) is 16.2 Å². The first-order chi connectivity index (χ1) is 14.0. The predicted molar refractivity (Wildman–Crippen MR) is 117 cm³/mol. The van der Waals surface area contributed by atoms with Gasteiger partial charge in [0.2, 0.25) is 5.78 Å². The van der Waals surface area contributed by atoms with Gasteiger partial charge in [-0.05, 0) is 61.2 Å². The van der Waals surface area contributed by atoms with Gasteiger partial charge in [-0.1, -0.05) is 17.3 Å². The second-order valence-electron chi connectivity index (χ2n) is 6.77. The van der Waals surface area contributed by atoms with Crippen LogP contribution < -0.4 is 0 Å². The summed E-state index contributed by atoms with van der Waals surface area (Å²) >= 11 is 1.45. The highest BCUT2D eigenvalue weighted by Crippen LogP contribution is 2.31. The molecule has 5 nitrogen and oxygen atoms in total. The Labute approximate surface area is 172 Å². The van der Waals surface area contributed by atoms with E-state index in [4.69, 9.17) is 4.84 Å². The van der Waals surface area contributed by atoms with Crippen molar-refractivity contribution in [1.29, 1.82) is 0 Å². The van der Waals surface area contributed by atoms with Gasteiger partial charge in [-0.2, -0.15) is 0 Å². The molecule has 2 aromatic carbocycles. The minimum atomic E-state index is -0.454. The van der Waals surface area contributed by atoms with Crippen LogP contribution in [0.5, 0.6) is 0 Å². The highest BCUT2D eigenvalue weighted by atomic mass is 32.1. The van der Waals surface area contributed by atoms with E-state index in [9.17, 15) is 9.59 Å². The largest absolute Gasteiger partial charge is 0.341 e. The fourth-order valence-corrected chi connectivity index (χ4v) is 4.23. The Kier molecular flexibility index (Phi) is 5.03. The Morgan fingerprint density at radius 1 is 1.00 bits per heavy atom. The van der Waals surface area contributed by atoms with Gasteiger partial charge in [0.25, 0.3) is 0 Å². The highest BCUT2D eigenvalue weighted by Gasteiger charge is 2.15. The minimum absolute atomic E-state index is 0.0306.